The molecule has 0 radical (unpaired) electrons. The van der Waals surface area contributed by atoms with E-state index in [4.69, 9.17) is 11.6 Å². The quantitative estimate of drug-likeness (QED) is 0.349. The molecule has 34 heavy (non-hydrogen) atoms. The van der Waals surface area contributed by atoms with E-state index in [1.807, 2.05) is 6.07 Å². The van der Waals surface area contributed by atoms with Crippen molar-refractivity contribution in [3.8, 4) is 12.1 Å². The molecule has 5 N–H and O–H groups in total. The lowest BCUT2D eigenvalue weighted by Crippen LogP contribution is -2.33. The molecule has 8 nitrogen and oxygen atoms in total. The average Bonchev–Trinajstić information content (AvgIpc) is 3.37. The fourth-order valence-electron chi connectivity index (χ4n) is 3.53. The molecule has 0 aliphatic carbocycles. The number of aromatic nitrogens is 1. The van der Waals surface area contributed by atoms with Crippen LogP contribution in [-0.4, -0.2) is 11.5 Å². The number of hydrogen-bond acceptors (Lipinski definition) is 8. The monoisotopic (exact) mass is 473 g/mol. The Balaban J connectivity index is 1.85. The van der Waals surface area contributed by atoms with Gasteiger partial charge in [0.15, 0.2) is 0 Å². The second kappa shape index (κ2) is 9.48. The number of halogens is 1. The van der Waals surface area contributed by atoms with Gasteiger partial charge in [-0.3, -0.25) is 4.98 Å². The third-order valence-electron chi connectivity index (χ3n) is 5.15. The Morgan fingerprint density at radius 3 is 2.71 bits per heavy atom. The minimum absolute atomic E-state index is 0.0231. The molecule has 0 amide bonds. The van der Waals surface area contributed by atoms with Crippen molar-refractivity contribution >= 4 is 33.9 Å². The van der Waals surface area contributed by atoms with Crippen LogP contribution in [0.2, 0.25) is 5.02 Å². The molecule has 1 aromatic heterocycles. The van der Waals surface area contributed by atoms with E-state index in [0.717, 1.165) is 0 Å². The van der Waals surface area contributed by atoms with Gasteiger partial charge in [0.1, 0.15) is 6.07 Å². The van der Waals surface area contributed by atoms with Gasteiger partial charge in [0.2, 0.25) is 0 Å². The van der Waals surface area contributed by atoms with Crippen LogP contribution in [0.25, 0.3) is 10.9 Å². The number of hydrogen-bond donors (Lipinski definition) is 5. The van der Waals surface area contributed by atoms with Crippen molar-refractivity contribution in [1.82, 2.24) is 21.4 Å². The van der Waals surface area contributed by atoms with Crippen LogP contribution >= 0.6 is 11.6 Å². The number of anilines is 2. The zero-order valence-corrected chi connectivity index (χ0v) is 19.8. The molecule has 0 spiro atoms. The van der Waals surface area contributed by atoms with E-state index < -0.39 is 6.02 Å². The molecule has 1 atom stereocenters. The lowest BCUT2D eigenvalue weighted by Gasteiger charge is -2.23. The number of nitrogens with zero attached hydrogens (tertiary/aromatic N) is 3. The van der Waals surface area contributed by atoms with Crippen molar-refractivity contribution in [2.45, 2.75) is 26.8 Å². The lowest BCUT2D eigenvalue weighted by molar-refractivity contribution is 0.443. The Labute approximate surface area is 205 Å². The standard InChI is InChI=1S/C25H25ClN8/c1-25(2,3)14-30-22-17(11-28)12-29-24-19(22)8-18(9-20(24)26)32-23(21-13-31-34-33-21)16-6-4-5-15(7-16)10-27/h4-9,12-13,23,31-34H,14H2,1-3H3,(H,29,30)/i23D. The van der Waals surface area contributed by atoms with Crippen LogP contribution in [0.3, 0.4) is 0 Å². The zero-order chi connectivity index (χ0) is 25.2. The highest BCUT2D eigenvalue weighted by Crippen LogP contribution is 2.36. The summed E-state index contributed by atoms with van der Waals surface area (Å²) in [6, 6.07) is 13.2. The number of hydrazine groups is 2. The summed E-state index contributed by atoms with van der Waals surface area (Å²) in [6.07, 6.45) is 3.15. The lowest BCUT2D eigenvalue weighted by atomic mass is 9.96. The van der Waals surface area contributed by atoms with Crippen molar-refractivity contribution in [3.63, 3.8) is 0 Å². The summed E-state index contributed by atoms with van der Waals surface area (Å²) in [7, 11) is 0. The summed E-state index contributed by atoms with van der Waals surface area (Å²) in [5.74, 6) is 0. The van der Waals surface area contributed by atoms with Gasteiger partial charge in [-0.2, -0.15) is 16.1 Å². The van der Waals surface area contributed by atoms with Crippen molar-refractivity contribution in [3.05, 3.63) is 76.2 Å². The van der Waals surface area contributed by atoms with Gasteiger partial charge in [-0.1, -0.05) is 44.5 Å². The van der Waals surface area contributed by atoms with E-state index in [2.05, 4.69) is 64.9 Å². The number of fused-ring (bicyclic) bond motifs is 1. The van der Waals surface area contributed by atoms with Crippen LogP contribution in [0.1, 0.15) is 44.9 Å². The summed E-state index contributed by atoms with van der Waals surface area (Å²) in [4.78, 5) is 4.40. The van der Waals surface area contributed by atoms with Gasteiger partial charge in [-0.05, 0) is 35.2 Å². The van der Waals surface area contributed by atoms with Crippen molar-refractivity contribution in [1.29, 1.82) is 10.5 Å². The third kappa shape index (κ3) is 4.99. The first-order valence-electron chi connectivity index (χ1n) is 11.2. The summed E-state index contributed by atoms with van der Waals surface area (Å²) in [5.41, 5.74) is 12.1. The molecule has 1 unspecified atom stereocenters. The smallest absolute Gasteiger partial charge is 0.103 e. The maximum atomic E-state index is 9.71. The number of nitriles is 2. The normalized spacial score (nSPS) is 15.1. The van der Waals surface area contributed by atoms with Crippen molar-refractivity contribution in [2.24, 2.45) is 5.41 Å². The summed E-state index contributed by atoms with van der Waals surface area (Å²) < 4.78 is 9.38. The second-order valence-corrected chi connectivity index (χ2v) is 9.48. The largest absolute Gasteiger partial charge is 0.383 e. The Morgan fingerprint density at radius 1 is 1.21 bits per heavy atom. The molecule has 0 fully saturated rings. The molecule has 2 heterocycles. The van der Waals surface area contributed by atoms with Crippen LogP contribution in [0.15, 0.2) is 54.5 Å². The van der Waals surface area contributed by atoms with Crippen LogP contribution in [0.4, 0.5) is 11.4 Å². The van der Waals surface area contributed by atoms with E-state index in [1.165, 1.54) is 6.20 Å². The molecule has 1 aliphatic heterocycles. The first-order chi connectivity index (χ1) is 16.6. The molecule has 9 heteroatoms. The van der Waals surface area contributed by atoms with E-state index in [9.17, 15) is 11.9 Å². The number of nitrogens with one attached hydrogen (secondary N) is 5. The van der Waals surface area contributed by atoms with E-state index in [-0.39, 0.29) is 5.41 Å². The van der Waals surface area contributed by atoms with Gasteiger partial charge in [0.05, 0.1) is 46.5 Å². The van der Waals surface area contributed by atoms with Gasteiger partial charge in [-0.15, -0.1) is 0 Å². The second-order valence-electron chi connectivity index (χ2n) is 9.07. The van der Waals surface area contributed by atoms with Crippen LogP contribution in [0.5, 0.6) is 0 Å². The van der Waals surface area contributed by atoms with Gasteiger partial charge in [0.25, 0.3) is 0 Å². The molecule has 0 bridgehead atoms. The average molecular weight is 474 g/mol. The molecule has 2 aromatic carbocycles. The Kier molecular flexibility index (Phi) is 6.09. The maximum Gasteiger partial charge on any atom is 0.103 e. The van der Waals surface area contributed by atoms with Crippen molar-refractivity contribution in [2.75, 3.05) is 17.2 Å². The first-order valence-corrected chi connectivity index (χ1v) is 11.0. The van der Waals surface area contributed by atoms with E-state index >= 15 is 0 Å². The summed E-state index contributed by atoms with van der Waals surface area (Å²) in [5, 5.41) is 26.8. The predicted molar refractivity (Wildman–Crippen MR) is 134 cm³/mol. The number of rotatable bonds is 6. The molecule has 0 saturated heterocycles. The van der Waals surface area contributed by atoms with Crippen LogP contribution in [0, 0.1) is 28.1 Å². The first kappa shape index (κ1) is 21.8. The third-order valence-corrected chi connectivity index (χ3v) is 5.43. The van der Waals surface area contributed by atoms with Gasteiger partial charge < -0.3 is 21.5 Å². The summed E-state index contributed by atoms with van der Waals surface area (Å²) in [6.45, 7) is 6.93. The van der Waals surface area contributed by atoms with Gasteiger partial charge in [0, 0.05) is 30.0 Å². The Morgan fingerprint density at radius 2 is 2.03 bits per heavy atom. The minimum atomic E-state index is -1.50. The zero-order valence-electron chi connectivity index (χ0n) is 20.0. The van der Waals surface area contributed by atoms with Crippen LogP contribution in [-0.2, 0) is 0 Å². The number of pyridine rings is 1. The highest BCUT2D eigenvalue weighted by atomic mass is 35.5. The maximum absolute atomic E-state index is 9.71. The minimum Gasteiger partial charge on any atom is -0.383 e. The molecule has 172 valence electrons. The molecule has 1 aliphatic rings. The number of benzene rings is 2. The highest BCUT2D eigenvalue weighted by molar-refractivity contribution is 6.35. The van der Waals surface area contributed by atoms with Crippen LogP contribution < -0.4 is 27.0 Å². The highest BCUT2D eigenvalue weighted by Gasteiger charge is 2.21. The Hall–Kier alpha value is -3.98. The molecular weight excluding hydrogens is 448 g/mol. The van der Waals surface area contributed by atoms with E-state index in [1.54, 1.807) is 36.5 Å². The Bertz CT molecular complexity index is 1400. The fourth-order valence-corrected chi connectivity index (χ4v) is 3.79. The van der Waals surface area contributed by atoms with Crippen molar-refractivity contribution < 1.29 is 1.37 Å². The van der Waals surface area contributed by atoms with Gasteiger partial charge >= 0.3 is 0 Å². The predicted octanol–water partition coefficient (Wildman–Crippen LogP) is 4.70. The SMILES string of the molecule is [2H]C(Nc1cc(Cl)c2ncc(C#N)c(NCC(C)(C)C)c2c1)(C1=CNNN1)c1cccc(C#N)c1. The molecule has 3 aromatic rings. The van der Waals surface area contributed by atoms with E-state index in [0.29, 0.717) is 56.2 Å². The molecule has 0 saturated carbocycles. The topological polar surface area (TPSA) is 121 Å². The van der Waals surface area contributed by atoms with Gasteiger partial charge in [-0.25, -0.2) is 0 Å². The molecule has 4 rings (SSSR count). The fraction of sp³-hybridized carbons (Fsp3) is 0.240. The summed E-state index contributed by atoms with van der Waals surface area (Å²) >= 11 is 6.63. The molecular formula is C25H25ClN8.